The van der Waals surface area contributed by atoms with Gasteiger partial charge < -0.3 is 4.57 Å². The van der Waals surface area contributed by atoms with Gasteiger partial charge in [-0.05, 0) is 86.6 Å². The third-order valence-electron chi connectivity index (χ3n) is 11.8. The normalized spacial score (nSPS) is 13.0. The topological polar surface area (TPSA) is 30.7 Å². The maximum absolute atomic E-state index is 5.29. The number of hydrogen-bond donors (Lipinski definition) is 0. The Morgan fingerprint density at radius 2 is 1.00 bits per heavy atom. The molecule has 0 saturated carbocycles. The molecule has 0 unspecified atom stereocenters. The summed E-state index contributed by atoms with van der Waals surface area (Å²) in [7, 11) is 0. The summed E-state index contributed by atoms with van der Waals surface area (Å²) in [4.78, 5) is 10.5. The van der Waals surface area contributed by atoms with Crippen molar-refractivity contribution in [3.63, 3.8) is 0 Å². The van der Waals surface area contributed by atoms with Crippen LogP contribution in [0.5, 0.6) is 0 Å². The van der Waals surface area contributed by atoms with Gasteiger partial charge >= 0.3 is 0 Å². The van der Waals surface area contributed by atoms with Gasteiger partial charge in [-0.15, -0.1) is 0 Å². The highest BCUT2D eigenvalue weighted by Gasteiger charge is 2.38. The van der Waals surface area contributed by atoms with E-state index >= 15 is 0 Å². The van der Waals surface area contributed by atoms with Gasteiger partial charge in [-0.25, -0.2) is 9.97 Å². The van der Waals surface area contributed by atoms with Crippen molar-refractivity contribution in [3.8, 4) is 61.8 Å². The zero-order valence-electron chi connectivity index (χ0n) is 31.2. The Labute approximate surface area is 326 Å². The summed E-state index contributed by atoms with van der Waals surface area (Å²) in [5.41, 5.74) is 16.0. The molecule has 0 bridgehead atoms. The molecule has 2 heterocycles. The van der Waals surface area contributed by atoms with Gasteiger partial charge in [-0.2, -0.15) is 0 Å². The first-order valence-corrected chi connectivity index (χ1v) is 19.3. The molecule has 0 aliphatic heterocycles. The van der Waals surface area contributed by atoms with Crippen molar-refractivity contribution in [2.75, 3.05) is 0 Å². The number of hydrogen-bond acceptors (Lipinski definition) is 2. The monoisotopic (exact) mass is 715 g/mol. The standard InChI is InChI=1S/C53H37N3/c1-53(2)45-24-11-8-23-43(45)50-44(32-37-17-6-7-20-40(37)51(50)53)36-18-14-19-38(31-36)52-54-46(34-15-4-3-5-16-34)33-47(55-52)35-27-29-39(30-28-35)56-48-25-12-9-21-41(48)42-22-10-13-26-49(42)56/h3-33H,1-2H3. The quantitative estimate of drug-likeness (QED) is 0.178. The fraction of sp³-hybridized carbons (Fsp3) is 0.0566. The van der Waals surface area contributed by atoms with Crippen molar-refractivity contribution in [1.82, 2.24) is 14.5 Å². The molecule has 1 aliphatic rings. The van der Waals surface area contributed by atoms with Crippen LogP contribution in [0, 0.1) is 0 Å². The second-order valence-electron chi connectivity index (χ2n) is 15.4. The van der Waals surface area contributed by atoms with Gasteiger partial charge in [0.05, 0.1) is 22.4 Å². The highest BCUT2D eigenvalue weighted by Crippen LogP contribution is 2.55. The minimum atomic E-state index is -0.127. The molecule has 0 atom stereocenters. The predicted molar refractivity (Wildman–Crippen MR) is 233 cm³/mol. The molecule has 2 aromatic heterocycles. The van der Waals surface area contributed by atoms with Crippen LogP contribution in [0.25, 0.3) is 94.4 Å². The highest BCUT2D eigenvalue weighted by molar-refractivity contribution is 6.09. The van der Waals surface area contributed by atoms with Crippen molar-refractivity contribution < 1.29 is 0 Å². The van der Waals surface area contributed by atoms with E-state index in [4.69, 9.17) is 9.97 Å². The molecule has 0 amide bonds. The van der Waals surface area contributed by atoms with Crippen molar-refractivity contribution in [2.24, 2.45) is 0 Å². The smallest absolute Gasteiger partial charge is 0.160 e. The summed E-state index contributed by atoms with van der Waals surface area (Å²) >= 11 is 0. The molecule has 0 fully saturated rings. The number of aromatic nitrogens is 3. The average molecular weight is 716 g/mol. The summed E-state index contributed by atoms with van der Waals surface area (Å²) in [6.45, 7) is 4.73. The van der Waals surface area contributed by atoms with E-state index < -0.39 is 0 Å². The van der Waals surface area contributed by atoms with Crippen molar-refractivity contribution in [3.05, 3.63) is 199 Å². The van der Waals surface area contributed by atoms with Crippen LogP contribution in [-0.4, -0.2) is 14.5 Å². The molecule has 0 saturated heterocycles. The van der Waals surface area contributed by atoms with Crippen LogP contribution in [0.3, 0.4) is 0 Å². The number of benzene rings is 8. The predicted octanol–water partition coefficient (Wildman–Crippen LogP) is 13.7. The molecular weight excluding hydrogens is 679 g/mol. The first kappa shape index (κ1) is 32.3. The number of rotatable bonds is 5. The van der Waals surface area contributed by atoms with E-state index in [1.807, 2.05) is 6.07 Å². The van der Waals surface area contributed by atoms with E-state index in [1.54, 1.807) is 0 Å². The van der Waals surface area contributed by atoms with Crippen LogP contribution in [0.15, 0.2) is 188 Å². The molecular formula is C53H37N3. The minimum Gasteiger partial charge on any atom is -0.309 e. The van der Waals surface area contributed by atoms with Crippen LogP contribution in [0.1, 0.15) is 25.0 Å². The van der Waals surface area contributed by atoms with Gasteiger partial charge in [0, 0.05) is 38.6 Å². The number of nitrogens with zero attached hydrogens (tertiary/aromatic N) is 3. The van der Waals surface area contributed by atoms with Crippen LogP contribution in [0.4, 0.5) is 0 Å². The molecule has 3 nitrogen and oxygen atoms in total. The van der Waals surface area contributed by atoms with Crippen LogP contribution in [-0.2, 0) is 5.41 Å². The molecule has 8 aromatic carbocycles. The third-order valence-corrected chi connectivity index (χ3v) is 11.8. The second kappa shape index (κ2) is 12.5. The van der Waals surface area contributed by atoms with Crippen molar-refractivity contribution in [2.45, 2.75) is 19.3 Å². The Morgan fingerprint density at radius 1 is 0.429 bits per heavy atom. The van der Waals surface area contributed by atoms with Gasteiger partial charge in [0.2, 0.25) is 0 Å². The summed E-state index contributed by atoms with van der Waals surface area (Å²) in [5.74, 6) is 0.702. The molecule has 264 valence electrons. The van der Waals surface area contributed by atoms with Gasteiger partial charge in [0.1, 0.15) is 0 Å². The Kier molecular flexibility index (Phi) is 7.20. The third kappa shape index (κ3) is 4.98. The van der Waals surface area contributed by atoms with Crippen LogP contribution >= 0.6 is 0 Å². The SMILES string of the molecule is CC1(C)c2ccccc2-c2c(-c3cccc(-c4nc(-c5ccccc5)cc(-c5ccc(-n6c7ccccc7c7ccccc76)cc5)n4)c3)cc3ccccc3c21. The van der Waals surface area contributed by atoms with Gasteiger partial charge in [-0.3, -0.25) is 0 Å². The lowest BCUT2D eigenvalue weighted by molar-refractivity contribution is 0.666. The number of para-hydroxylation sites is 2. The lowest BCUT2D eigenvalue weighted by atomic mass is 9.79. The van der Waals surface area contributed by atoms with Crippen LogP contribution in [0.2, 0.25) is 0 Å². The maximum Gasteiger partial charge on any atom is 0.160 e. The first-order valence-electron chi connectivity index (χ1n) is 19.3. The van der Waals surface area contributed by atoms with E-state index in [9.17, 15) is 0 Å². The molecule has 0 radical (unpaired) electrons. The van der Waals surface area contributed by atoms with E-state index in [0.29, 0.717) is 5.82 Å². The Bertz CT molecular complexity index is 3100. The molecule has 3 heteroatoms. The van der Waals surface area contributed by atoms with Crippen molar-refractivity contribution >= 4 is 32.6 Å². The molecule has 56 heavy (non-hydrogen) atoms. The Balaban J connectivity index is 1.06. The van der Waals surface area contributed by atoms with Crippen LogP contribution < -0.4 is 0 Å². The van der Waals surface area contributed by atoms with Gasteiger partial charge in [0.25, 0.3) is 0 Å². The van der Waals surface area contributed by atoms with Crippen molar-refractivity contribution in [1.29, 1.82) is 0 Å². The highest BCUT2D eigenvalue weighted by atomic mass is 15.0. The van der Waals surface area contributed by atoms with E-state index in [1.165, 1.54) is 60.4 Å². The Morgan fingerprint density at radius 3 is 1.73 bits per heavy atom. The largest absolute Gasteiger partial charge is 0.309 e. The lowest BCUT2D eigenvalue weighted by Gasteiger charge is -2.24. The zero-order valence-corrected chi connectivity index (χ0v) is 31.2. The molecule has 11 rings (SSSR count). The Hall–Kier alpha value is -7.10. The van der Waals surface area contributed by atoms with Gasteiger partial charge in [-0.1, -0.05) is 159 Å². The first-order chi connectivity index (χ1) is 27.5. The zero-order chi connectivity index (χ0) is 37.4. The minimum absolute atomic E-state index is 0.127. The van der Waals surface area contributed by atoms with E-state index in [-0.39, 0.29) is 5.41 Å². The lowest BCUT2D eigenvalue weighted by Crippen LogP contribution is -2.15. The van der Waals surface area contributed by atoms with Gasteiger partial charge in [0.15, 0.2) is 5.82 Å². The summed E-state index contributed by atoms with van der Waals surface area (Å²) < 4.78 is 2.35. The molecule has 1 aliphatic carbocycles. The molecule has 10 aromatic rings. The second-order valence-corrected chi connectivity index (χ2v) is 15.4. The average Bonchev–Trinajstić information content (AvgIpc) is 3.72. The molecule has 0 spiro atoms. The van der Waals surface area contributed by atoms with E-state index in [2.05, 4.69) is 200 Å². The summed E-state index contributed by atoms with van der Waals surface area (Å²) in [6, 6.07) is 67.5. The van der Waals surface area contributed by atoms with E-state index in [0.717, 1.165) is 39.3 Å². The summed E-state index contributed by atoms with van der Waals surface area (Å²) in [6.07, 6.45) is 0. The molecule has 0 N–H and O–H groups in total. The maximum atomic E-state index is 5.29. The fourth-order valence-corrected chi connectivity index (χ4v) is 9.17. The number of fused-ring (bicyclic) bond motifs is 8. The summed E-state index contributed by atoms with van der Waals surface area (Å²) in [5, 5.41) is 5.07. The fourth-order valence-electron chi connectivity index (χ4n) is 9.17.